The lowest BCUT2D eigenvalue weighted by Crippen LogP contribution is -2.20. The summed E-state index contributed by atoms with van der Waals surface area (Å²) in [6.45, 7) is 1.73. The predicted molar refractivity (Wildman–Crippen MR) is 85.0 cm³/mol. The molecule has 1 N–H and O–H groups in total. The summed E-state index contributed by atoms with van der Waals surface area (Å²) in [4.78, 5) is 15.9. The van der Waals surface area contributed by atoms with Gasteiger partial charge in [-0.15, -0.1) is 0 Å². The van der Waals surface area contributed by atoms with E-state index < -0.39 is 5.91 Å². The van der Waals surface area contributed by atoms with Gasteiger partial charge in [0.25, 0.3) is 17.7 Å². The Labute approximate surface area is 137 Å². The van der Waals surface area contributed by atoms with Gasteiger partial charge in [0.1, 0.15) is 11.6 Å². The second-order valence-electron chi connectivity index (χ2n) is 5.08. The minimum atomic E-state index is -0.449. The van der Waals surface area contributed by atoms with E-state index in [-0.39, 0.29) is 18.4 Å². The van der Waals surface area contributed by atoms with Crippen molar-refractivity contribution in [1.29, 1.82) is 0 Å². The normalized spacial score (nSPS) is 10.4. The number of halogens is 1. The Hall–Kier alpha value is -3.22. The summed E-state index contributed by atoms with van der Waals surface area (Å²) in [5.74, 6) is -0.0687. The number of rotatable bonds is 5. The maximum Gasteiger partial charge on any atom is 0.270 e. The van der Waals surface area contributed by atoms with Crippen LogP contribution in [0.2, 0.25) is 0 Å². The van der Waals surface area contributed by atoms with E-state index in [1.54, 1.807) is 0 Å². The molecule has 6 nitrogen and oxygen atoms in total. The van der Waals surface area contributed by atoms with Crippen LogP contribution in [0, 0.1) is 12.7 Å². The van der Waals surface area contributed by atoms with E-state index in [9.17, 15) is 9.18 Å². The van der Waals surface area contributed by atoms with Gasteiger partial charge in [0, 0.05) is 5.56 Å². The van der Waals surface area contributed by atoms with Crippen LogP contribution in [0.4, 0.5) is 10.3 Å². The SMILES string of the molecule is Cc1ccc(-c2nc(NC(=O)COc3ccc(F)cc3)no2)cc1. The molecule has 0 fully saturated rings. The summed E-state index contributed by atoms with van der Waals surface area (Å²) >= 11 is 0. The van der Waals surface area contributed by atoms with E-state index in [2.05, 4.69) is 15.5 Å². The number of amides is 1. The van der Waals surface area contributed by atoms with Crippen molar-refractivity contribution >= 4 is 11.9 Å². The third-order valence-corrected chi connectivity index (χ3v) is 3.16. The molecular formula is C17H14FN3O3. The number of aromatic nitrogens is 2. The van der Waals surface area contributed by atoms with Gasteiger partial charge in [0.05, 0.1) is 0 Å². The Bertz CT molecular complexity index is 829. The molecule has 1 amide bonds. The molecular weight excluding hydrogens is 313 g/mol. The van der Waals surface area contributed by atoms with Crippen LogP contribution in [0.5, 0.6) is 5.75 Å². The molecule has 0 saturated heterocycles. The quantitative estimate of drug-likeness (QED) is 0.778. The smallest absolute Gasteiger partial charge is 0.270 e. The van der Waals surface area contributed by atoms with Gasteiger partial charge in [-0.25, -0.2) is 4.39 Å². The molecule has 122 valence electrons. The van der Waals surface area contributed by atoms with Crippen LogP contribution in [-0.2, 0) is 4.79 Å². The van der Waals surface area contributed by atoms with Crippen LogP contribution in [0.15, 0.2) is 53.1 Å². The molecule has 0 saturated carbocycles. The summed E-state index contributed by atoms with van der Waals surface area (Å²) in [5, 5.41) is 6.17. The van der Waals surface area contributed by atoms with Gasteiger partial charge in [0.15, 0.2) is 6.61 Å². The maximum atomic E-state index is 12.8. The van der Waals surface area contributed by atoms with Gasteiger partial charge in [-0.2, -0.15) is 4.98 Å². The molecule has 0 aliphatic carbocycles. The van der Waals surface area contributed by atoms with Crippen LogP contribution in [0.25, 0.3) is 11.5 Å². The van der Waals surface area contributed by atoms with Gasteiger partial charge >= 0.3 is 0 Å². The average molecular weight is 327 g/mol. The topological polar surface area (TPSA) is 77.2 Å². The number of aryl methyl sites for hydroxylation is 1. The summed E-state index contributed by atoms with van der Waals surface area (Å²) < 4.78 is 23.1. The molecule has 0 aliphatic heterocycles. The highest BCUT2D eigenvalue weighted by atomic mass is 19.1. The average Bonchev–Trinajstić information content (AvgIpc) is 3.03. The second kappa shape index (κ2) is 6.91. The van der Waals surface area contributed by atoms with Gasteiger partial charge in [-0.1, -0.05) is 17.7 Å². The van der Waals surface area contributed by atoms with E-state index in [0.717, 1.165) is 11.1 Å². The molecule has 0 spiro atoms. The molecule has 7 heteroatoms. The minimum Gasteiger partial charge on any atom is -0.484 e. The second-order valence-corrected chi connectivity index (χ2v) is 5.08. The van der Waals surface area contributed by atoms with E-state index in [4.69, 9.17) is 9.26 Å². The highest BCUT2D eigenvalue weighted by molar-refractivity contribution is 5.90. The van der Waals surface area contributed by atoms with Crippen molar-refractivity contribution in [2.24, 2.45) is 0 Å². The number of carbonyl (C=O) groups is 1. The summed E-state index contributed by atoms with van der Waals surface area (Å²) in [5.41, 5.74) is 1.88. The standard InChI is InChI=1S/C17H14FN3O3/c1-11-2-4-12(5-3-11)16-20-17(21-24-16)19-15(22)10-23-14-8-6-13(18)7-9-14/h2-9H,10H2,1H3,(H,19,21,22). The summed E-state index contributed by atoms with van der Waals surface area (Å²) in [6, 6.07) is 12.9. The van der Waals surface area contributed by atoms with Crippen molar-refractivity contribution in [2.75, 3.05) is 11.9 Å². The van der Waals surface area contributed by atoms with Gasteiger partial charge in [-0.05, 0) is 48.5 Å². The fraction of sp³-hybridized carbons (Fsp3) is 0.118. The van der Waals surface area contributed by atoms with Gasteiger partial charge < -0.3 is 9.26 Å². The molecule has 24 heavy (non-hydrogen) atoms. The Balaban J connectivity index is 1.57. The van der Waals surface area contributed by atoms with Crippen LogP contribution < -0.4 is 10.1 Å². The van der Waals surface area contributed by atoms with Crippen LogP contribution >= 0.6 is 0 Å². The molecule has 0 bridgehead atoms. The van der Waals surface area contributed by atoms with Crippen molar-refractivity contribution < 1.29 is 18.4 Å². The third kappa shape index (κ3) is 3.95. The summed E-state index contributed by atoms with van der Waals surface area (Å²) in [6.07, 6.45) is 0. The van der Waals surface area contributed by atoms with E-state index in [1.807, 2.05) is 31.2 Å². The molecule has 0 unspecified atom stereocenters. The number of ether oxygens (including phenoxy) is 1. The van der Waals surface area contributed by atoms with E-state index in [0.29, 0.717) is 11.6 Å². The number of anilines is 1. The first-order valence-electron chi connectivity index (χ1n) is 7.19. The zero-order chi connectivity index (χ0) is 16.9. The molecule has 1 heterocycles. The zero-order valence-corrected chi connectivity index (χ0v) is 12.8. The van der Waals surface area contributed by atoms with Gasteiger partial charge in [0.2, 0.25) is 0 Å². The fourth-order valence-electron chi connectivity index (χ4n) is 1.93. The lowest BCUT2D eigenvalue weighted by molar-refractivity contribution is -0.118. The molecule has 3 rings (SSSR count). The van der Waals surface area contributed by atoms with Crippen LogP contribution in [-0.4, -0.2) is 22.7 Å². The first-order valence-corrected chi connectivity index (χ1v) is 7.19. The first kappa shape index (κ1) is 15.7. The third-order valence-electron chi connectivity index (χ3n) is 3.16. The predicted octanol–water partition coefficient (Wildman–Crippen LogP) is 3.20. The lowest BCUT2D eigenvalue weighted by atomic mass is 10.1. The first-order chi connectivity index (χ1) is 11.6. The number of benzene rings is 2. The number of nitrogens with zero attached hydrogens (tertiary/aromatic N) is 2. The van der Waals surface area contributed by atoms with Crippen molar-refractivity contribution in [2.45, 2.75) is 6.92 Å². The lowest BCUT2D eigenvalue weighted by Gasteiger charge is -2.04. The maximum absolute atomic E-state index is 12.8. The van der Waals surface area contributed by atoms with E-state index in [1.165, 1.54) is 24.3 Å². The highest BCUT2D eigenvalue weighted by Gasteiger charge is 2.11. The molecule has 0 radical (unpaired) electrons. The van der Waals surface area contributed by atoms with Crippen molar-refractivity contribution in [1.82, 2.24) is 10.1 Å². The van der Waals surface area contributed by atoms with Gasteiger partial charge in [-0.3, -0.25) is 10.1 Å². The Kier molecular flexibility index (Phi) is 4.51. The Morgan fingerprint density at radius 3 is 2.58 bits per heavy atom. The van der Waals surface area contributed by atoms with Crippen LogP contribution in [0.3, 0.4) is 0 Å². The fourth-order valence-corrected chi connectivity index (χ4v) is 1.93. The van der Waals surface area contributed by atoms with Crippen LogP contribution in [0.1, 0.15) is 5.56 Å². The monoisotopic (exact) mass is 327 g/mol. The molecule has 2 aromatic carbocycles. The largest absolute Gasteiger partial charge is 0.484 e. The molecule has 0 aliphatic rings. The number of hydrogen-bond acceptors (Lipinski definition) is 5. The van der Waals surface area contributed by atoms with Crippen molar-refractivity contribution in [3.63, 3.8) is 0 Å². The molecule has 3 aromatic rings. The molecule has 0 atom stereocenters. The van der Waals surface area contributed by atoms with E-state index >= 15 is 0 Å². The summed E-state index contributed by atoms with van der Waals surface area (Å²) in [7, 11) is 0. The van der Waals surface area contributed by atoms with Crippen molar-refractivity contribution in [3.8, 4) is 17.2 Å². The Morgan fingerprint density at radius 2 is 1.88 bits per heavy atom. The highest BCUT2D eigenvalue weighted by Crippen LogP contribution is 2.19. The van der Waals surface area contributed by atoms with Crippen molar-refractivity contribution in [3.05, 3.63) is 59.9 Å². The number of nitrogens with one attached hydrogen (secondary N) is 1. The minimum absolute atomic E-state index is 0.0540. The number of hydrogen-bond donors (Lipinski definition) is 1. The number of carbonyl (C=O) groups excluding carboxylic acids is 1. The zero-order valence-electron chi connectivity index (χ0n) is 12.8. The Morgan fingerprint density at radius 1 is 1.17 bits per heavy atom. The molecule has 1 aromatic heterocycles.